The summed E-state index contributed by atoms with van der Waals surface area (Å²) in [6.45, 7) is 6.05. The van der Waals surface area contributed by atoms with Gasteiger partial charge >= 0.3 is 0 Å². The van der Waals surface area contributed by atoms with Crippen LogP contribution in [0.2, 0.25) is 0 Å². The monoisotopic (exact) mass is 316 g/mol. The van der Waals surface area contributed by atoms with Gasteiger partial charge in [-0.25, -0.2) is 0 Å². The van der Waals surface area contributed by atoms with Gasteiger partial charge < -0.3 is 15.4 Å². The number of rotatable bonds is 3. The Kier molecular flexibility index (Phi) is 4.04. The number of fused-ring (bicyclic) bond motifs is 1. The van der Waals surface area contributed by atoms with E-state index in [0.29, 0.717) is 19.1 Å². The maximum atomic E-state index is 12.2. The number of carbonyl (C=O) groups excluding carboxylic acids is 2. The highest BCUT2D eigenvalue weighted by molar-refractivity contribution is 5.94. The molecule has 1 aliphatic carbocycles. The molecule has 1 aliphatic heterocycles. The van der Waals surface area contributed by atoms with Crippen LogP contribution in [-0.2, 0) is 16.0 Å². The average molecular weight is 316 g/mol. The molecule has 5 nitrogen and oxygen atoms in total. The number of ether oxygens (including phenoxy) is 1. The van der Waals surface area contributed by atoms with Crippen molar-refractivity contribution in [1.29, 1.82) is 0 Å². The van der Waals surface area contributed by atoms with Gasteiger partial charge in [0.15, 0.2) is 0 Å². The van der Waals surface area contributed by atoms with E-state index in [-0.39, 0.29) is 17.7 Å². The predicted octanol–water partition coefficient (Wildman–Crippen LogP) is 2.50. The van der Waals surface area contributed by atoms with Gasteiger partial charge in [-0.1, -0.05) is 20.8 Å². The van der Waals surface area contributed by atoms with Crippen LogP contribution in [0.5, 0.6) is 5.75 Å². The molecule has 1 aromatic rings. The summed E-state index contributed by atoms with van der Waals surface area (Å²) in [5, 5.41) is 5.96. The number of amides is 2. The fourth-order valence-electron chi connectivity index (χ4n) is 2.51. The molecule has 1 fully saturated rings. The number of nitrogens with one attached hydrogen (secondary N) is 2. The number of hydrogen-bond acceptors (Lipinski definition) is 3. The lowest BCUT2D eigenvalue weighted by Crippen LogP contribution is -2.38. The second kappa shape index (κ2) is 5.87. The zero-order chi connectivity index (χ0) is 16.6. The van der Waals surface area contributed by atoms with Crippen molar-refractivity contribution in [3.05, 3.63) is 23.8 Å². The van der Waals surface area contributed by atoms with Gasteiger partial charge in [0.1, 0.15) is 12.4 Å². The predicted molar refractivity (Wildman–Crippen MR) is 88.4 cm³/mol. The first-order chi connectivity index (χ1) is 10.8. The highest BCUT2D eigenvalue weighted by Crippen LogP contribution is 2.31. The largest absolute Gasteiger partial charge is 0.492 e. The molecule has 0 spiro atoms. The summed E-state index contributed by atoms with van der Waals surface area (Å²) in [7, 11) is 0. The molecule has 1 atom stereocenters. The van der Waals surface area contributed by atoms with Crippen molar-refractivity contribution < 1.29 is 14.3 Å². The Balaban J connectivity index is 1.69. The number of anilines is 1. The smallest absolute Gasteiger partial charge is 0.229 e. The molecule has 5 heteroatoms. The van der Waals surface area contributed by atoms with Crippen molar-refractivity contribution in [3.63, 3.8) is 0 Å². The minimum Gasteiger partial charge on any atom is -0.492 e. The Labute approximate surface area is 136 Å². The molecular weight excluding hydrogens is 292 g/mol. The van der Waals surface area contributed by atoms with E-state index in [2.05, 4.69) is 10.6 Å². The molecule has 0 radical (unpaired) electrons. The SMILES string of the molecule is CC(C)(C)C(=O)Nc1ccc2c(c1)CC(C(=O)NC1CC1)CO2. The lowest BCUT2D eigenvalue weighted by Gasteiger charge is -2.25. The quantitative estimate of drug-likeness (QED) is 0.900. The molecule has 1 unspecified atom stereocenters. The van der Waals surface area contributed by atoms with E-state index in [1.165, 1.54) is 0 Å². The molecule has 2 aliphatic rings. The molecule has 124 valence electrons. The van der Waals surface area contributed by atoms with Crippen LogP contribution in [0, 0.1) is 11.3 Å². The first-order valence-corrected chi connectivity index (χ1v) is 8.20. The summed E-state index contributed by atoms with van der Waals surface area (Å²) in [4.78, 5) is 24.3. The minimum absolute atomic E-state index is 0.0304. The van der Waals surface area contributed by atoms with Crippen molar-refractivity contribution in [2.75, 3.05) is 11.9 Å². The second-order valence-corrected chi connectivity index (χ2v) is 7.52. The standard InChI is InChI=1S/C18H24N2O3/c1-18(2,3)17(22)20-14-6-7-15-11(9-14)8-12(10-23-15)16(21)19-13-4-5-13/h6-7,9,12-13H,4-5,8,10H2,1-3H3,(H,19,21)(H,20,22). The van der Waals surface area contributed by atoms with Crippen molar-refractivity contribution >= 4 is 17.5 Å². The van der Waals surface area contributed by atoms with Gasteiger partial charge in [-0.2, -0.15) is 0 Å². The Bertz CT molecular complexity index is 630. The maximum Gasteiger partial charge on any atom is 0.229 e. The molecule has 2 amide bonds. The van der Waals surface area contributed by atoms with Gasteiger partial charge in [-0.3, -0.25) is 9.59 Å². The van der Waals surface area contributed by atoms with Crippen LogP contribution in [0.3, 0.4) is 0 Å². The van der Waals surface area contributed by atoms with Crippen LogP contribution >= 0.6 is 0 Å². The molecule has 3 rings (SSSR count). The van der Waals surface area contributed by atoms with E-state index >= 15 is 0 Å². The van der Waals surface area contributed by atoms with E-state index in [4.69, 9.17) is 4.74 Å². The third-order valence-corrected chi connectivity index (χ3v) is 4.20. The van der Waals surface area contributed by atoms with E-state index in [9.17, 15) is 9.59 Å². The van der Waals surface area contributed by atoms with Gasteiger partial charge in [-0.15, -0.1) is 0 Å². The minimum atomic E-state index is -0.445. The van der Waals surface area contributed by atoms with E-state index < -0.39 is 5.41 Å². The van der Waals surface area contributed by atoms with Gasteiger partial charge in [0.2, 0.25) is 11.8 Å². The maximum absolute atomic E-state index is 12.2. The zero-order valence-electron chi connectivity index (χ0n) is 13.9. The van der Waals surface area contributed by atoms with Crippen LogP contribution in [0.15, 0.2) is 18.2 Å². The normalized spacial score (nSPS) is 20.2. The lowest BCUT2D eigenvalue weighted by molar-refractivity contribution is -0.126. The average Bonchev–Trinajstić information content (AvgIpc) is 3.29. The third-order valence-electron chi connectivity index (χ3n) is 4.20. The van der Waals surface area contributed by atoms with Crippen molar-refractivity contribution in [2.24, 2.45) is 11.3 Å². The van der Waals surface area contributed by atoms with Crippen LogP contribution in [0.4, 0.5) is 5.69 Å². The summed E-state index contributed by atoms with van der Waals surface area (Å²) < 4.78 is 5.71. The molecule has 2 N–H and O–H groups in total. The summed E-state index contributed by atoms with van der Waals surface area (Å²) in [5.41, 5.74) is 1.27. The van der Waals surface area contributed by atoms with Crippen molar-refractivity contribution in [3.8, 4) is 5.75 Å². The second-order valence-electron chi connectivity index (χ2n) is 7.52. The molecule has 1 aromatic carbocycles. The van der Waals surface area contributed by atoms with Crippen LogP contribution in [0.1, 0.15) is 39.2 Å². The molecule has 0 bridgehead atoms. The summed E-state index contributed by atoms with van der Waals surface area (Å²) >= 11 is 0. The molecule has 1 saturated carbocycles. The van der Waals surface area contributed by atoms with Gasteiger partial charge in [-0.05, 0) is 43.0 Å². The van der Waals surface area contributed by atoms with Crippen molar-refractivity contribution in [2.45, 2.75) is 46.1 Å². The fourth-order valence-corrected chi connectivity index (χ4v) is 2.51. The number of hydrogen-bond donors (Lipinski definition) is 2. The van der Waals surface area contributed by atoms with Gasteiger partial charge in [0.25, 0.3) is 0 Å². The summed E-state index contributed by atoms with van der Waals surface area (Å²) in [5.74, 6) is 0.686. The first kappa shape index (κ1) is 15.8. The van der Waals surface area contributed by atoms with Gasteiger partial charge in [0.05, 0.1) is 5.92 Å². The fraction of sp³-hybridized carbons (Fsp3) is 0.556. The topological polar surface area (TPSA) is 67.4 Å². The zero-order valence-corrected chi connectivity index (χ0v) is 13.9. The van der Waals surface area contributed by atoms with Crippen LogP contribution in [-0.4, -0.2) is 24.5 Å². The van der Waals surface area contributed by atoms with Crippen molar-refractivity contribution in [1.82, 2.24) is 5.32 Å². The molecule has 0 aromatic heterocycles. The van der Waals surface area contributed by atoms with Gasteiger partial charge in [0, 0.05) is 17.1 Å². The van der Waals surface area contributed by atoms with Crippen LogP contribution < -0.4 is 15.4 Å². The number of benzene rings is 1. The number of carbonyl (C=O) groups is 2. The Hall–Kier alpha value is -2.04. The molecular formula is C18H24N2O3. The summed E-state index contributed by atoms with van der Waals surface area (Å²) in [6, 6.07) is 5.98. The Morgan fingerprint density at radius 1 is 1.22 bits per heavy atom. The highest BCUT2D eigenvalue weighted by Gasteiger charge is 2.31. The molecule has 1 heterocycles. The lowest BCUT2D eigenvalue weighted by atomic mass is 9.94. The first-order valence-electron chi connectivity index (χ1n) is 8.20. The third kappa shape index (κ3) is 3.84. The van der Waals surface area contributed by atoms with E-state index in [0.717, 1.165) is 29.8 Å². The van der Waals surface area contributed by atoms with Crippen LogP contribution in [0.25, 0.3) is 0 Å². The molecule has 23 heavy (non-hydrogen) atoms. The summed E-state index contributed by atoms with van der Waals surface area (Å²) in [6.07, 6.45) is 2.81. The van der Waals surface area contributed by atoms with E-state index in [1.807, 2.05) is 39.0 Å². The Morgan fingerprint density at radius 2 is 1.96 bits per heavy atom. The highest BCUT2D eigenvalue weighted by atomic mass is 16.5. The van der Waals surface area contributed by atoms with E-state index in [1.54, 1.807) is 0 Å². The molecule has 0 saturated heterocycles. The Morgan fingerprint density at radius 3 is 2.61 bits per heavy atom.